The molecule has 1 amide bonds. The molecule has 1 aromatic heterocycles. The molecule has 6 nitrogen and oxygen atoms in total. The molecule has 6 heteroatoms. The number of pyridine rings is 1. The summed E-state index contributed by atoms with van der Waals surface area (Å²) in [5.41, 5.74) is 2.85. The van der Waals surface area contributed by atoms with Gasteiger partial charge in [-0.2, -0.15) is 0 Å². The van der Waals surface area contributed by atoms with Crippen molar-refractivity contribution in [3.05, 3.63) is 71.9 Å². The smallest absolute Gasteiger partial charge is 0.321 e. The van der Waals surface area contributed by atoms with E-state index in [4.69, 9.17) is 5.11 Å². The third kappa shape index (κ3) is 3.87. The van der Waals surface area contributed by atoms with Crippen molar-refractivity contribution in [1.29, 1.82) is 0 Å². The standard InChI is InChI=1S/C20H19N3O3/c1-21-18(20(25)26)12-13-6-8-14(9-7-13)23-19(24)16-10-11-22-17-5-3-2-4-15(16)17/h2-11,18,21H,12H2,1H3,(H,23,24)(H,25,26). The van der Waals surface area contributed by atoms with Crippen LogP contribution < -0.4 is 10.6 Å². The monoisotopic (exact) mass is 349 g/mol. The molecule has 0 spiro atoms. The predicted molar refractivity (Wildman–Crippen MR) is 100 cm³/mol. The Bertz CT molecular complexity index is 933. The molecule has 3 aromatic rings. The SMILES string of the molecule is CNC(Cc1ccc(NC(=O)c2ccnc3ccccc23)cc1)C(=O)O. The maximum Gasteiger partial charge on any atom is 0.321 e. The van der Waals surface area contributed by atoms with Gasteiger partial charge in [0, 0.05) is 17.3 Å². The van der Waals surface area contributed by atoms with Crippen LogP contribution in [0.25, 0.3) is 10.9 Å². The van der Waals surface area contributed by atoms with Gasteiger partial charge in [-0.05, 0) is 43.3 Å². The van der Waals surface area contributed by atoms with Crippen molar-refractivity contribution >= 4 is 28.5 Å². The normalized spacial score (nSPS) is 11.9. The lowest BCUT2D eigenvalue weighted by molar-refractivity contribution is -0.139. The highest BCUT2D eigenvalue weighted by molar-refractivity contribution is 6.12. The van der Waals surface area contributed by atoms with E-state index in [-0.39, 0.29) is 5.91 Å². The molecule has 3 N–H and O–H groups in total. The predicted octanol–water partition coefficient (Wildman–Crippen LogP) is 2.70. The summed E-state index contributed by atoms with van der Waals surface area (Å²) in [4.78, 5) is 27.9. The van der Waals surface area contributed by atoms with Crippen molar-refractivity contribution in [2.24, 2.45) is 0 Å². The van der Waals surface area contributed by atoms with Gasteiger partial charge in [-0.1, -0.05) is 30.3 Å². The van der Waals surface area contributed by atoms with Gasteiger partial charge in [-0.15, -0.1) is 0 Å². The lowest BCUT2D eigenvalue weighted by Gasteiger charge is -2.12. The van der Waals surface area contributed by atoms with Crippen LogP contribution in [0.1, 0.15) is 15.9 Å². The number of carboxylic acids is 1. The number of para-hydroxylation sites is 1. The summed E-state index contributed by atoms with van der Waals surface area (Å²) in [6.07, 6.45) is 1.99. The molecule has 0 fully saturated rings. The topological polar surface area (TPSA) is 91.3 Å². The highest BCUT2D eigenvalue weighted by Gasteiger charge is 2.15. The zero-order chi connectivity index (χ0) is 18.5. The number of anilines is 1. The third-order valence-corrected chi connectivity index (χ3v) is 4.19. The molecular weight excluding hydrogens is 330 g/mol. The Hall–Kier alpha value is -3.25. The Balaban J connectivity index is 1.74. The molecule has 0 saturated heterocycles. The van der Waals surface area contributed by atoms with E-state index in [1.807, 2.05) is 36.4 Å². The van der Waals surface area contributed by atoms with Gasteiger partial charge in [0.2, 0.25) is 0 Å². The summed E-state index contributed by atoms with van der Waals surface area (Å²) < 4.78 is 0. The number of hydrogen-bond acceptors (Lipinski definition) is 4. The maximum absolute atomic E-state index is 12.6. The Morgan fingerprint density at radius 1 is 1.08 bits per heavy atom. The third-order valence-electron chi connectivity index (χ3n) is 4.19. The maximum atomic E-state index is 12.6. The summed E-state index contributed by atoms with van der Waals surface area (Å²) in [7, 11) is 1.62. The molecule has 0 bridgehead atoms. The van der Waals surface area contributed by atoms with Gasteiger partial charge in [0.25, 0.3) is 5.91 Å². The van der Waals surface area contributed by atoms with Crippen LogP contribution in [0.2, 0.25) is 0 Å². The van der Waals surface area contributed by atoms with Gasteiger partial charge in [0.15, 0.2) is 0 Å². The first kappa shape index (κ1) is 17.6. The van der Waals surface area contributed by atoms with Crippen molar-refractivity contribution in [1.82, 2.24) is 10.3 Å². The number of rotatable bonds is 6. The molecule has 132 valence electrons. The number of amides is 1. The number of aliphatic carboxylic acids is 1. The molecule has 26 heavy (non-hydrogen) atoms. The number of carboxylic acid groups (broad SMARTS) is 1. The first-order chi connectivity index (χ1) is 12.6. The van der Waals surface area contributed by atoms with Crippen LogP contribution in [0.15, 0.2) is 60.8 Å². The van der Waals surface area contributed by atoms with Crippen molar-refractivity contribution in [3.63, 3.8) is 0 Å². The van der Waals surface area contributed by atoms with E-state index in [0.717, 1.165) is 16.5 Å². The number of carbonyl (C=O) groups excluding carboxylic acids is 1. The molecule has 0 radical (unpaired) electrons. The van der Waals surface area contributed by atoms with Crippen molar-refractivity contribution < 1.29 is 14.7 Å². The Morgan fingerprint density at radius 3 is 2.50 bits per heavy atom. The van der Waals surface area contributed by atoms with Crippen molar-refractivity contribution in [3.8, 4) is 0 Å². The van der Waals surface area contributed by atoms with Crippen molar-refractivity contribution in [2.45, 2.75) is 12.5 Å². The number of fused-ring (bicyclic) bond motifs is 1. The molecule has 0 aliphatic carbocycles. The van der Waals surface area contributed by atoms with E-state index >= 15 is 0 Å². The molecule has 0 saturated carbocycles. The fourth-order valence-electron chi connectivity index (χ4n) is 2.76. The van der Waals surface area contributed by atoms with Crippen LogP contribution in [0, 0.1) is 0 Å². The minimum Gasteiger partial charge on any atom is -0.480 e. The summed E-state index contributed by atoms with van der Waals surface area (Å²) >= 11 is 0. The average molecular weight is 349 g/mol. The largest absolute Gasteiger partial charge is 0.480 e. The van der Waals surface area contributed by atoms with Gasteiger partial charge in [0.1, 0.15) is 6.04 Å². The Kier molecular flexibility index (Phi) is 5.24. The van der Waals surface area contributed by atoms with Crippen LogP contribution in [-0.4, -0.2) is 35.1 Å². The Labute approximate surface area is 150 Å². The lowest BCUT2D eigenvalue weighted by atomic mass is 10.1. The molecule has 1 unspecified atom stereocenters. The minimum atomic E-state index is -0.894. The molecule has 0 aliphatic heterocycles. The first-order valence-corrected chi connectivity index (χ1v) is 8.22. The molecule has 3 rings (SSSR count). The summed E-state index contributed by atoms with van der Waals surface area (Å²) in [5, 5.41) is 15.5. The van der Waals surface area contributed by atoms with Gasteiger partial charge in [-0.3, -0.25) is 14.6 Å². The van der Waals surface area contributed by atoms with Gasteiger partial charge >= 0.3 is 5.97 Å². The number of aromatic nitrogens is 1. The van der Waals surface area contributed by atoms with E-state index < -0.39 is 12.0 Å². The van der Waals surface area contributed by atoms with Gasteiger partial charge in [0.05, 0.1) is 11.1 Å². The number of nitrogens with one attached hydrogen (secondary N) is 2. The Morgan fingerprint density at radius 2 is 1.81 bits per heavy atom. The number of hydrogen-bond donors (Lipinski definition) is 3. The molecule has 2 aromatic carbocycles. The lowest BCUT2D eigenvalue weighted by Crippen LogP contribution is -2.35. The number of carbonyl (C=O) groups is 2. The van der Waals surface area contributed by atoms with Crippen molar-refractivity contribution in [2.75, 3.05) is 12.4 Å². The van der Waals surface area contributed by atoms with Crippen LogP contribution in [-0.2, 0) is 11.2 Å². The number of benzene rings is 2. The first-order valence-electron chi connectivity index (χ1n) is 8.22. The molecular formula is C20H19N3O3. The fraction of sp³-hybridized carbons (Fsp3) is 0.150. The summed E-state index contributed by atoms with van der Waals surface area (Å²) in [6.45, 7) is 0. The number of likely N-dealkylation sites (N-methyl/N-ethyl adjacent to an activating group) is 1. The van der Waals surface area contributed by atoms with Crippen LogP contribution in [0.5, 0.6) is 0 Å². The van der Waals surface area contributed by atoms with Crippen LogP contribution in [0.3, 0.4) is 0 Å². The van der Waals surface area contributed by atoms with Crippen LogP contribution in [0.4, 0.5) is 5.69 Å². The second-order valence-electron chi connectivity index (χ2n) is 5.91. The highest BCUT2D eigenvalue weighted by atomic mass is 16.4. The fourth-order valence-corrected chi connectivity index (χ4v) is 2.76. The molecule has 1 atom stereocenters. The van der Waals surface area contributed by atoms with Gasteiger partial charge in [-0.25, -0.2) is 0 Å². The zero-order valence-corrected chi connectivity index (χ0v) is 14.3. The second-order valence-corrected chi connectivity index (χ2v) is 5.91. The van der Waals surface area contributed by atoms with E-state index in [2.05, 4.69) is 15.6 Å². The highest BCUT2D eigenvalue weighted by Crippen LogP contribution is 2.18. The zero-order valence-electron chi connectivity index (χ0n) is 14.3. The van der Waals surface area contributed by atoms with E-state index in [1.165, 1.54) is 0 Å². The van der Waals surface area contributed by atoms with Gasteiger partial charge < -0.3 is 15.7 Å². The summed E-state index contributed by atoms with van der Waals surface area (Å²) in [5.74, 6) is -1.11. The minimum absolute atomic E-state index is 0.213. The average Bonchev–Trinajstić information content (AvgIpc) is 2.66. The van der Waals surface area contributed by atoms with E-state index in [0.29, 0.717) is 17.7 Å². The molecule has 0 aliphatic rings. The van der Waals surface area contributed by atoms with Crippen LogP contribution >= 0.6 is 0 Å². The van der Waals surface area contributed by atoms with E-state index in [1.54, 1.807) is 31.4 Å². The number of nitrogens with zero attached hydrogens (tertiary/aromatic N) is 1. The van der Waals surface area contributed by atoms with E-state index in [9.17, 15) is 9.59 Å². The molecule has 1 heterocycles. The summed E-state index contributed by atoms with van der Waals surface area (Å²) in [6, 6.07) is 15.7. The quantitative estimate of drug-likeness (QED) is 0.636. The second kappa shape index (κ2) is 7.76.